The van der Waals surface area contributed by atoms with Gasteiger partial charge < -0.3 is 4.74 Å². The standard InChI is InChI=1S/C8H14O3/c1-6(2)4-8(10)11-7(3)5-9/h5-7H,4H2,1-3H3. The van der Waals surface area contributed by atoms with Crippen molar-refractivity contribution in [3.63, 3.8) is 0 Å². The normalized spacial score (nSPS) is 12.7. The molecule has 0 bridgehead atoms. The summed E-state index contributed by atoms with van der Waals surface area (Å²) >= 11 is 0. The Morgan fingerprint density at radius 2 is 2.00 bits per heavy atom. The van der Waals surface area contributed by atoms with Gasteiger partial charge in [-0.15, -0.1) is 0 Å². The first-order valence-corrected chi connectivity index (χ1v) is 3.71. The van der Waals surface area contributed by atoms with Crippen LogP contribution in [0.1, 0.15) is 27.2 Å². The summed E-state index contributed by atoms with van der Waals surface area (Å²) in [6, 6.07) is 0. The summed E-state index contributed by atoms with van der Waals surface area (Å²) < 4.78 is 4.70. The fraction of sp³-hybridized carbons (Fsp3) is 0.750. The number of rotatable bonds is 4. The van der Waals surface area contributed by atoms with E-state index in [2.05, 4.69) is 0 Å². The zero-order valence-electron chi connectivity index (χ0n) is 7.16. The third-order valence-corrected chi connectivity index (χ3v) is 1.08. The lowest BCUT2D eigenvalue weighted by Crippen LogP contribution is -2.17. The number of carbonyl (C=O) groups excluding carboxylic acids is 2. The second kappa shape index (κ2) is 4.88. The van der Waals surface area contributed by atoms with Gasteiger partial charge in [-0.2, -0.15) is 0 Å². The average Bonchev–Trinajstić information content (AvgIpc) is 1.85. The van der Waals surface area contributed by atoms with Crippen molar-refractivity contribution in [3.8, 4) is 0 Å². The van der Waals surface area contributed by atoms with Gasteiger partial charge in [0.05, 0.1) is 0 Å². The molecule has 1 unspecified atom stereocenters. The molecule has 0 spiro atoms. The molecule has 3 nitrogen and oxygen atoms in total. The number of carbonyl (C=O) groups is 2. The zero-order chi connectivity index (χ0) is 8.85. The SMILES string of the molecule is CC(C)CC(=O)OC(C)C=O. The minimum atomic E-state index is -0.610. The molecule has 0 aliphatic rings. The molecule has 0 fully saturated rings. The van der Waals surface area contributed by atoms with Gasteiger partial charge in [0, 0.05) is 6.42 Å². The van der Waals surface area contributed by atoms with E-state index in [0.717, 1.165) is 0 Å². The van der Waals surface area contributed by atoms with Crippen molar-refractivity contribution in [2.75, 3.05) is 0 Å². The lowest BCUT2D eigenvalue weighted by atomic mass is 10.1. The van der Waals surface area contributed by atoms with Gasteiger partial charge in [0.15, 0.2) is 12.4 Å². The molecule has 0 saturated carbocycles. The molecule has 1 atom stereocenters. The van der Waals surface area contributed by atoms with Crippen LogP contribution in [0.25, 0.3) is 0 Å². The smallest absolute Gasteiger partial charge is 0.306 e. The van der Waals surface area contributed by atoms with Crippen LogP contribution in [-0.4, -0.2) is 18.4 Å². The van der Waals surface area contributed by atoms with Crippen LogP contribution in [0.2, 0.25) is 0 Å². The van der Waals surface area contributed by atoms with Gasteiger partial charge in [0.2, 0.25) is 0 Å². The van der Waals surface area contributed by atoms with Crippen LogP contribution in [0.4, 0.5) is 0 Å². The van der Waals surface area contributed by atoms with E-state index in [0.29, 0.717) is 12.7 Å². The van der Waals surface area contributed by atoms with E-state index in [1.165, 1.54) is 0 Å². The second-order valence-electron chi connectivity index (χ2n) is 2.93. The molecule has 0 aromatic heterocycles. The topological polar surface area (TPSA) is 43.4 Å². The Morgan fingerprint density at radius 1 is 1.45 bits per heavy atom. The van der Waals surface area contributed by atoms with E-state index in [-0.39, 0.29) is 11.9 Å². The van der Waals surface area contributed by atoms with Gasteiger partial charge in [-0.1, -0.05) is 13.8 Å². The lowest BCUT2D eigenvalue weighted by Gasteiger charge is -2.07. The van der Waals surface area contributed by atoms with E-state index in [4.69, 9.17) is 4.74 Å². The van der Waals surface area contributed by atoms with Gasteiger partial charge in [-0.05, 0) is 12.8 Å². The van der Waals surface area contributed by atoms with Gasteiger partial charge in [0.25, 0.3) is 0 Å². The van der Waals surface area contributed by atoms with E-state index >= 15 is 0 Å². The summed E-state index contributed by atoms with van der Waals surface area (Å²) in [5, 5.41) is 0. The molecular weight excluding hydrogens is 144 g/mol. The van der Waals surface area contributed by atoms with Crippen LogP contribution in [-0.2, 0) is 14.3 Å². The van der Waals surface area contributed by atoms with Crippen LogP contribution in [0.15, 0.2) is 0 Å². The van der Waals surface area contributed by atoms with E-state index in [1.54, 1.807) is 6.92 Å². The maximum absolute atomic E-state index is 10.8. The van der Waals surface area contributed by atoms with Gasteiger partial charge in [-0.3, -0.25) is 9.59 Å². The first-order valence-electron chi connectivity index (χ1n) is 3.71. The quantitative estimate of drug-likeness (QED) is 0.455. The van der Waals surface area contributed by atoms with Crippen LogP contribution in [0, 0.1) is 5.92 Å². The van der Waals surface area contributed by atoms with E-state index < -0.39 is 6.10 Å². The maximum Gasteiger partial charge on any atom is 0.306 e. The van der Waals surface area contributed by atoms with Crippen molar-refractivity contribution < 1.29 is 14.3 Å². The molecular formula is C8H14O3. The Labute approximate surface area is 66.7 Å². The molecule has 3 heteroatoms. The molecule has 0 radical (unpaired) electrons. The molecule has 0 heterocycles. The highest BCUT2D eigenvalue weighted by Gasteiger charge is 2.09. The third-order valence-electron chi connectivity index (χ3n) is 1.08. The summed E-state index contributed by atoms with van der Waals surface area (Å²) in [6.45, 7) is 5.39. The van der Waals surface area contributed by atoms with Gasteiger partial charge in [-0.25, -0.2) is 0 Å². The van der Waals surface area contributed by atoms with Crippen molar-refractivity contribution in [2.45, 2.75) is 33.3 Å². The first-order chi connectivity index (χ1) is 5.06. The Kier molecular flexibility index (Phi) is 4.50. The molecule has 0 rings (SSSR count). The Hall–Kier alpha value is -0.860. The summed E-state index contributed by atoms with van der Waals surface area (Å²) in [5.74, 6) is -0.0269. The summed E-state index contributed by atoms with van der Waals surface area (Å²) in [7, 11) is 0. The zero-order valence-corrected chi connectivity index (χ0v) is 7.16. The largest absolute Gasteiger partial charge is 0.455 e. The van der Waals surface area contributed by atoms with Crippen LogP contribution in [0.3, 0.4) is 0 Å². The first kappa shape index (κ1) is 10.1. The molecule has 0 aliphatic heterocycles. The number of aldehydes is 1. The van der Waals surface area contributed by atoms with Crippen molar-refractivity contribution in [1.82, 2.24) is 0 Å². The highest BCUT2D eigenvalue weighted by molar-refractivity contribution is 5.72. The summed E-state index contributed by atoms with van der Waals surface area (Å²) in [4.78, 5) is 20.9. The maximum atomic E-state index is 10.8. The minimum Gasteiger partial charge on any atom is -0.455 e. The number of hydrogen-bond donors (Lipinski definition) is 0. The molecule has 0 N–H and O–H groups in total. The van der Waals surface area contributed by atoms with Crippen LogP contribution >= 0.6 is 0 Å². The number of esters is 1. The molecule has 0 aromatic carbocycles. The summed E-state index contributed by atoms with van der Waals surface area (Å²) in [5.41, 5.74) is 0. The van der Waals surface area contributed by atoms with Crippen molar-refractivity contribution in [3.05, 3.63) is 0 Å². The average molecular weight is 158 g/mol. The van der Waals surface area contributed by atoms with Crippen molar-refractivity contribution in [2.24, 2.45) is 5.92 Å². The van der Waals surface area contributed by atoms with Crippen LogP contribution in [0.5, 0.6) is 0 Å². The minimum absolute atomic E-state index is 0.279. The predicted octanol–water partition coefficient (Wildman–Crippen LogP) is 1.16. The van der Waals surface area contributed by atoms with Gasteiger partial charge >= 0.3 is 5.97 Å². The fourth-order valence-corrected chi connectivity index (χ4v) is 0.617. The highest BCUT2D eigenvalue weighted by atomic mass is 16.5. The highest BCUT2D eigenvalue weighted by Crippen LogP contribution is 2.02. The van der Waals surface area contributed by atoms with E-state index in [1.807, 2.05) is 13.8 Å². The molecule has 0 aliphatic carbocycles. The van der Waals surface area contributed by atoms with Gasteiger partial charge in [0.1, 0.15) is 0 Å². The third kappa shape index (κ3) is 5.58. The molecule has 0 aromatic rings. The fourth-order valence-electron chi connectivity index (χ4n) is 0.617. The van der Waals surface area contributed by atoms with Crippen molar-refractivity contribution in [1.29, 1.82) is 0 Å². The number of hydrogen-bond acceptors (Lipinski definition) is 3. The predicted molar refractivity (Wildman–Crippen MR) is 41.1 cm³/mol. The van der Waals surface area contributed by atoms with E-state index in [9.17, 15) is 9.59 Å². The number of ether oxygens (including phenoxy) is 1. The molecule has 0 saturated heterocycles. The molecule has 0 amide bonds. The lowest BCUT2D eigenvalue weighted by molar-refractivity contribution is -0.151. The monoisotopic (exact) mass is 158 g/mol. The Balaban J connectivity index is 3.60. The molecule has 11 heavy (non-hydrogen) atoms. The van der Waals surface area contributed by atoms with Crippen LogP contribution < -0.4 is 0 Å². The Bertz CT molecular complexity index is 140. The summed E-state index contributed by atoms with van der Waals surface area (Å²) in [6.07, 6.45) is 0.373. The second-order valence-corrected chi connectivity index (χ2v) is 2.93. The van der Waals surface area contributed by atoms with Crippen molar-refractivity contribution >= 4 is 12.3 Å². The Morgan fingerprint density at radius 3 is 2.36 bits per heavy atom. The molecule has 64 valence electrons.